The maximum atomic E-state index is 12.0. The van der Waals surface area contributed by atoms with E-state index < -0.39 is 23.3 Å². The Morgan fingerprint density at radius 1 is 1.29 bits per heavy atom. The Balaban J connectivity index is 3.20. The molecule has 2 N–H and O–H groups in total. The standard InChI is InChI=1S/C12H18N2O3/c1-5-8(4)12(6-7(2)3)9(15)13-11(17)14-10(12)16/h8H,2,5-6H2,1,3-4H3,(H2,13,14,15,16,17). The number of amides is 4. The second-order valence-electron chi connectivity index (χ2n) is 4.65. The van der Waals surface area contributed by atoms with Gasteiger partial charge in [0.15, 0.2) is 0 Å². The van der Waals surface area contributed by atoms with Crippen molar-refractivity contribution in [2.24, 2.45) is 11.3 Å². The zero-order valence-electron chi connectivity index (χ0n) is 10.4. The van der Waals surface area contributed by atoms with Gasteiger partial charge in [0.1, 0.15) is 5.41 Å². The van der Waals surface area contributed by atoms with Gasteiger partial charge in [0.25, 0.3) is 0 Å². The minimum Gasteiger partial charge on any atom is -0.277 e. The van der Waals surface area contributed by atoms with Crippen LogP contribution in [0.5, 0.6) is 0 Å². The summed E-state index contributed by atoms with van der Waals surface area (Å²) in [5.74, 6) is -1.21. The number of imide groups is 2. The summed E-state index contributed by atoms with van der Waals surface area (Å²) < 4.78 is 0. The molecule has 1 aliphatic rings. The molecule has 1 rings (SSSR count). The van der Waals surface area contributed by atoms with E-state index in [1.165, 1.54) is 0 Å². The number of carbonyl (C=O) groups is 3. The van der Waals surface area contributed by atoms with E-state index >= 15 is 0 Å². The van der Waals surface area contributed by atoms with Gasteiger partial charge in [0.05, 0.1) is 0 Å². The van der Waals surface area contributed by atoms with Crippen LogP contribution >= 0.6 is 0 Å². The predicted molar refractivity (Wildman–Crippen MR) is 63.0 cm³/mol. The normalized spacial score (nSPS) is 20.5. The highest BCUT2D eigenvalue weighted by atomic mass is 16.2. The van der Waals surface area contributed by atoms with Gasteiger partial charge in [-0.25, -0.2) is 4.79 Å². The number of nitrogens with one attached hydrogen (secondary N) is 2. The quantitative estimate of drug-likeness (QED) is 0.573. The Labute approximate surface area is 101 Å². The van der Waals surface area contributed by atoms with Crippen LogP contribution in [0.4, 0.5) is 4.79 Å². The molecule has 1 aliphatic heterocycles. The van der Waals surface area contributed by atoms with E-state index in [0.717, 1.165) is 5.57 Å². The summed E-state index contributed by atoms with van der Waals surface area (Å²) in [6.45, 7) is 9.25. The lowest BCUT2D eigenvalue weighted by atomic mass is 9.68. The highest BCUT2D eigenvalue weighted by Crippen LogP contribution is 2.38. The lowest BCUT2D eigenvalue weighted by Crippen LogP contribution is -2.64. The van der Waals surface area contributed by atoms with Crippen molar-refractivity contribution < 1.29 is 14.4 Å². The SMILES string of the molecule is C=C(C)CC1(C(C)CC)C(=O)NC(=O)NC1=O. The highest BCUT2D eigenvalue weighted by Gasteiger charge is 2.53. The molecule has 94 valence electrons. The number of rotatable bonds is 4. The molecule has 0 spiro atoms. The number of allylic oxidation sites excluding steroid dienone is 1. The van der Waals surface area contributed by atoms with Crippen LogP contribution < -0.4 is 10.6 Å². The smallest absolute Gasteiger partial charge is 0.277 e. The van der Waals surface area contributed by atoms with Crippen molar-refractivity contribution in [3.05, 3.63) is 12.2 Å². The third-order valence-electron chi connectivity index (χ3n) is 3.30. The van der Waals surface area contributed by atoms with E-state index in [1.807, 2.05) is 13.8 Å². The van der Waals surface area contributed by atoms with Gasteiger partial charge in [-0.3, -0.25) is 20.2 Å². The van der Waals surface area contributed by atoms with E-state index in [-0.39, 0.29) is 12.3 Å². The second-order valence-corrected chi connectivity index (χ2v) is 4.65. The Morgan fingerprint density at radius 3 is 2.12 bits per heavy atom. The van der Waals surface area contributed by atoms with Crippen LogP contribution in [-0.2, 0) is 9.59 Å². The fourth-order valence-corrected chi connectivity index (χ4v) is 2.17. The van der Waals surface area contributed by atoms with E-state index in [9.17, 15) is 14.4 Å². The van der Waals surface area contributed by atoms with Crippen molar-refractivity contribution >= 4 is 17.8 Å². The van der Waals surface area contributed by atoms with Gasteiger partial charge in [-0.2, -0.15) is 0 Å². The van der Waals surface area contributed by atoms with Gasteiger partial charge in [0.2, 0.25) is 11.8 Å². The first kappa shape index (κ1) is 13.4. The maximum Gasteiger partial charge on any atom is 0.328 e. The fraction of sp³-hybridized carbons (Fsp3) is 0.583. The second kappa shape index (κ2) is 4.69. The van der Waals surface area contributed by atoms with Crippen LogP contribution in [-0.4, -0.2) is 17.8 Å². The number of carbonyl (C=O) groups excluding carboxylic acids is 3. The molecule has 0 aromatic rings. The van der Waals surface area contributed by atoms with Crippen molar-refractivity contribution in [3.63, 3.8) is 0 Å². The van der Waals surface area contributed by atoms with Crippen molar-refractivity contribution in [1.82, 2.24) is 10.6 Å². The van der Waals surface area contributed by atoms with Crippen molar-refractivity contribution in [2.45, 2.75) is 33.6 Å². The molecular weight excluding hydrogens is 220 g/mol. The zero-order chi connectivity index (χ0) is 13.2. The topological polar surface area (TPSA) is 75.3 Å². The van der Waals surface area contributed by atoms with E-state index in [4.69, 9.17) is 0 Å². The molecule has 4 amide bonds. The highest BCUT2D eigenvalue weighted by molar-refractivity contribution is 6.19. The summed E-state index contributed by atoms with van der Waals surface area (Å²) in [6.07, 6.45) is 0.926. The first-order valence-electron chi connectivity index (χ1n) is 5.65. The molecule has 17 heavy (non-hydrogen) atoms. The minimum atomic E-state index is -1.21. The molecular formula is C12H18N2O3. The molecule has 0 saturated carbocycles. The monoisotopic (exact) mass is 238 g/mol. The molecule has 1 fully saturated rings. The average Bonchev–Trinajstić information content (AvgIpc) is 2.22. The first-order chi connectivity index (χ1) is 7.84. The van der Waals surface area contributed by atoms with Crippen molar-refractivity contribution in [2.75, 3.05) is 0 Å². The van der Waals surface area contributed by atoms with Crippen LogP contribution in [0.15, 0.2) is 12.2 Å². The number of hydrogen-bond donors (Lipinski definition) is 2. The number of barbiturate groups is 1. The van der Waals surface area contributed by atoms with Crippen LogP contribution in [0.1, 0.15) is 33.6 Å². The largest absolute Gasteiger partial charge is 0.328 e. The van der Waals surface area contributed by atoms with Crippen LogP contribution in [0.25, 0.3) is 0 Å². The Bertz CT molecular complexity index is 367. The molecule has 1 heterocycles. The molecule has 1 atom stereocenters. The molecule has 0 aromatic carbocycles. The molecule has 0 aliphatic carbocycles. The van der Waals surface area contributed by atoms with Crippen LogP contribution in [0.3, 0.4) is 0 Å². The van der Waals surface area contributed by atoms with E-state index in [1.54, 1.807) is 6.92 Å². The van der Waals surface area contributed by atoms with Crippen LogP contribution in [0.2, 0.25) is 0 Å². The van der Waals surface area contributed by atoms with Gasteiger partial charge in [0, 0.05) is 0 Å². The molecule has 5 heteroatoms. The summed E-state index contributed by atoms with van der Waals surface area (Å²) in [4.78, 5) is 35.2. The van der Waals surface area contributed by atoms with Gasteiger partial charge < -0.3 is 0 Å². The minimum absolute atomic E-state index is 0.160. The molecule has 5 nitrogen and oxygen atoms in total. The van der Waals surface area contributed by atoms with Crippen LogP contribution in [0, 0.1) is 11.3 Å². The predicted octanol–water partition coefficient (Wildman–Crippen LogP) is 1.35. The fourth-order valence-electron chi connectivity index (χ4n) is 2.17. The zero-order valence-corrected chi connectivity index (χ0v) is 10.4. The maximum absolute atomic E-state index is 12.0. The summed E-state index contributed by atoms with van der Waals surface area (Å²) in [5.41, 5.74) is -0.473. The van der Waals surface area contributed by atoms with Crippen molar-refractivity contribution in [3.8, 4) is 0 Å². The van der Waals surface area contributed by atoms with E-state index in [0.29, 0.717) is 6.42 Å². The summed E-state index contributed by atoms with van der Waals surface area (Å²) in [6, 6.07) is -0.749. The van der Waals surface area contributed by atoms with Gasteiger partial charge >= 0.3 is 6.03 Å². The van der Waals surface area contributed by atoms with Gasteiger partial charge in [-0.05, 0) is 19.3 Å². The lowest BCUT2D eigenvalue weighted by Gasteiger charge is -2.38. The lowest BCUT2D eigenvalue weighted by molar-refractivity contribution is -0.148. The number of urea groups is 1. The Kier molecular flexibility index (Phi) is 3.70. The Hall–Kier alpha value is -1.65. The Morgan fingerprint density at radius 2 is 1.76 bits per heavy atom. The first-order valence-corrected chi connectivity index (χ1v) is 5.65. The third kappa shape index (κ3) is 2.23. The van der Waals surface area contributed by atoms with Gasteiger partial charge in [-0.15, -0.1) is 6.58 Å². The average molecular weight is 238 g/mol. The summed E-state index contributed by atoms with van der Waals surface area (Å²) in [5, 5.41) is 4.34. The van der Waals surface area contributed by atoms with E-state index in [2.05, 4.69) is 17.2 Å². The third-order valence-corrected chi connectivity index (χ3v) is 3.30. The summed E-state index contributed by atoms with van der Waals surface area (Å²) in [7, 11) is 0. The molecule has 1 saturated heterocycles. The summed E-state index contributed by atoms with van der Waals surface area (Å²) >= 11 is 0. The molecule has 0 aromatic heterocycles. The molecule has 1 unspecified atom stereocenters. The van der Waals surface area contributed by atoms with Crippen molar-refractivity contribution in [1.29, 1.82) is 0 Å². The number of hydrogen-bond acceptors (Lipinski definition) is 3. The van der Waals surface area contributed by atoms with Gasteiger partial charge in [-0.1, -0.05) is 25.8 Å². The molecule has 0 radical (unpaired) electrons. The molecule has 0 bridgehead atoms.